The minimum absolute atomic E-state index is 0.0920. The number of carboxylic acids is 1. The molecule has 1 aromatic heterocycles. The van der Waals surface area contributed by atoms with E-state index in [1.807, 2.05) is 13.8 Å². The highest BCUT2D eigenvalue weighted by Crippen LogP contribution is 2.20. The molecule has 0 aliphatic rings. The summed E-state index contributed by atoms with van der Waals surface area (Å²) in [5.41, 5.74) is 0. The summed E-state index contributed by atoms with van der Waals surface area (Å²) in [7, 11) is 0. The topological polar surface area (TPSA) is 69.6 Å². The van der Waals surface area contributed by atoms with E-state index < -0.39 is 12.0 Å². The predicted molar refractivity (Wildman–Crippen MR) is 84.6 cm³/mol. The van der Waals surface area contributed by atoms with E-state index >= 15 is 0 Å². The second-order valence-corrected chi connectivity index (χ2v) is 6.02. The fraction of sp³-hybridized carbons (Fsp3) is 0.600. The fourth-order valence-corrected chi connectivity index (χ4v) is 2.75. The molecule has 2 atom stereocenters. The highest BCUT2D eigenvalue weighted by atomic mass is 32.1. The van der Waals surface area contributed by atoms with Crippen LogP contribution in [0.1, 0.15) is 51.0 Å². The van der Waals surface area contributed by atoms with Crippen molar-refractivity contribution >= 4 is 23.3 Å². The molecule has 21 heavy (non-hydrogen) atoms. The van der Waals surface area contributed by atoms with Crippen molar-refractivity contribution in [3.05, 3.63) is 22.4 Å². The zero-order valence-electron chi connectivity index (χ0n) is 12.8. The molecule has 2 amide bonds. The Morgan fingerprint density at radius 2 is 2.14 bits per heavy atom. The normalized spacial score (nSPS) is 13.5. The number of hydrogen-bond donors (Lipinski definition) is 2. The quantitative estimate of drug-likeness (QED) is 0.772. The third-order valence-electron chi connectivity index (χ3n) is 3.48. The van der Waals surface area contributed by atoms with Gasteiger partial charge in [0.05, 0.1) is 0 Å². The summed E-state index contributed by atoms with van der Waals surface area (Å²) >= 11 is 1.33. The Morgan fingerprint density at radius 1 is 1.43 bits per heavy atom. The van der Waals surface area contributed by atoms with Gasteiger partial charge in [0.25, 0.3) is 0 Å². The SMILES string of the molecule is CCCCN(C(=O)NC(C(=O)O)c1cccs1)C(C)CC. The Kier molecular flexibility index (Phi) is 7.22. The molecule has 0 spiro atoms. The van der Waals surface area contributed by atoms with Crippen LogP contribution in [-0.2, 0) is 4.79 Å². The minimum atomic E-state index is -1.04. The molecule has 0 radical (unpaired) electrons. The Hall–Kier alpha value is -1.56. The van der Waals surface area contributed by atoms with Crippen molar-refractivity contribution < 1.29 is 14.7 Å². The van der Waals surface area contributed by atoms with Crippen molar-refractivity contribution in [1.29, 1.82) is 0 Å². The summed E-state index contributed by atoms with van der Waals surface area (Å²) in [4.78, 5) is 26.2. The van der Waals surface area contributed by atoms with Crippen LogP contribution in [0.4, 0.5) is 4.79 Å². The summed E-state index contributed by atoms with van der Waals surface area (Å²) in [6.07, 6.45) is 2.75. The first kappa shape index (κ1) is 17.5. The van der Waals surface area contributed by atoms with Crippen LogP contribution >= 0.6 is 11.3 Å². The first-order valence-corrected chi connectivity index (χ1v) is 8.22. The lowest BCUT2D eigenvalue weighted by Crippen LogP contribution is -2.47. The molecule has 5 nitrogen and oxygen atoms in total. The molecular weight excluding hydrogens is 288 g/mol. The molecule has 0 aliphatic heterocycles. The van der Waals surface area contributed by atoms with Crippen molar-refractivity contribution in [2.24, 2.45) is 0 Å². The summed E-state index contributed by atoms with van der Waals surface area (Å²) in [5.74, 6) is -1.04. The van der Waals surface area contributed by atoms with Gasteiger partial charge in [-0.3, -0.25) is 0 Å². The van der Waals surface area contributed by atoms with E-state index in [9.17, 15) is 14.7 Å². The minimum Gasteiger partial charge on any atom is -0.479 e. The number of amides is 2. The van der Waals surface area contributed by atoms with Crippen LogP contribution in [0.3, 0.4) is 0 Å². The molecule has 0 saturated carbocycles. The van der Waals surface area contributed by atoms with E-state index in [-0.39, 0.29) is 12.1 Å². The van der Waals surface area contributed by atoms with Gasteiger partial charge in [-0.25, -0.2) is 9.59 Å². The summed E-state index contributed by atoms with van der Waals surface area (Å²) in [6.45, 7) is 6.72. The van der Waals surface area contributed by atoms with E-state index in [4.69, 9.17) is 0 Å². The van der Waals surface area contributed by atoms with E-state index in [0.29, 0.717) is 11.4 Å². The van der Waals surface area contributed by atoms with Crippen molar-refractivity contribution in [2.45, 2.75) is 52.1 Å². The maximum absolute atomic E-state index is 12.4. The number of urea groups is 1. The van der Waals surface area contributed by atoms with Crippen LogP contribution < -0.4 is 5.32 Å². The molecule has 0 saturated heterocycles. The molecule has 118 valence electrons. The van der Waals surface area contributed by atoms with Gasteiger partial charge in [0.2, 0.25) is 0 Å². The number of carboxylic acid groups (broad SMARTS) is 1. The second kappa shape index (κ2) is 8.67. The molecule has 1 rings (SSSR count). The fourth-order valence-electron chi connectivity index (χ4n) is 1.99. The first-order chi connectivity index (χ1) is 10.0. The number of unbranched alkanes of at least 4 members (excludes halogenated alkanes) is 1. The number of carbonyl (C=O) groups excluding carboxylic acids is 1. The van der Waals surface area contributed by atoms with Crippen molar-refractivity contribution in [3.63, 3.8) is 0 Å². The summed E-state index contributed by atoms with van der Waals surface area (Å²) < 4.78 is 0. The lowest BCUT2D eigenvalue weighted by Gasteiger charge is -2.30. The van der Waals surface area contributed by atoms with Gasteiger partial charge in [0, 0.05) is 17.5 Å². The molecule has 6 heteroatoms. The largest absolute Gasteiger partial charge is 0.479 e. The average Bonchev–Trinajstić information content (AvgIpc) is 2.98. The molecule has 0 bridgehead atoms. The number of nitrogens with one attached hydrogen (secondary N) is 1. The van der Waals surface area contributed by atoms with Crippen LogP contribution in [0.15, 0.2) is 17.5 Å². The molecule has 1 aromatic rings. The maximum Gasteiger partial charge on any atom is 0.331 e. The third-order valence-corrected chi connectivity index (χ3v) is 4.42. The first-order valence-electron chi connectivity index (χ1n) is 7.34. The van der Waals surface area contributed by atoms with Gasteiger partial charge in [-0.1, -0.05) is 26.3 Å². The maximum atomic E-state index is 12.4. The summed E-state index contributed by atoms with van der Waals surface area (Å²) in [6, 6.07) is 2.31. The second-order valence-electron chi connectivity index (χ2n) is 5.04. The van der Waals surface area contributed by atoms with Gasteiger partial charge in [-0.05, 0) is 31.2 Å². The van der Waals surface area contributed by atoms with E-state index in [0.717, 1.165) is 19.3 Å². The van der Waals surface area contributed by atoms with E-state index in [2.05, 4.69) is 12.2 Å². The monoisotopic (exact) mass is 312 g/mol. The zero-order valence-corrected chi connectivity index (χ0v) is 13.7. The number of rotatable bonds is 8. The Morgan fingerprint density at radius 3 is 2.62 bits per heavy atom. The van der Waals surface area contributed by atoms with Crippen molar-refractivity contribution in [1.82, 2.24) is 10.2 Å². The highest BCUT2D eigenvalue weighted by molar-refractivity contribution is 7.10. The number of carbonyl (C=O) groups is 2. The Labute approximate surface area is 130 Å². The number of hydrogen-bond acceptors (Lipinski definition) is 3. The van der Waals surface area contributed by atoms with E-state index in [1.54, 1.807) is 22.4 Å². The molecular formula is C15H24N2O3S. The molecule has 0 aliphatic carbocycles. The van der Waals surface area contributed by atoms with Gasteiger partial charge in [-0.15, -0.1) is 11.3 Å². The van der Waals surface area contributed by atoms with Crippen LogP contribution in [-0.4, -0.2) is 34.6 Å². The zero-order chi connectivity index (χ0) is 15.8. The van der Waals surface area contributed by atoms with Gasteiger partial charge < -0.3 is 15.3 Å². The lowest BCUT2D eigenvalue weighted by molar-refractivity contribution is -0.139. The number of aliphatic carboxylic acids is 1. The van der Waals surface area contributed by atoms with Crippen molar-refractivity contribution in [2.75, 3.05) is 6.54 Å². The predicted octanol–water partition coefficient (Wildman–Crippen LogP) is 3.48. The van der Waals surface area contributed by atoms with Gasteiger partial charge in [0.1, 0.15) is 0 Å². The number of thiophene rings is 1. The van der Waals surface area contributed by atoms with Crippen LogP contribution in [0, 0.1) is 0 Å². The van der Waals surface area contributed by atoms with Gasteiger partial charge >= 0.3 is 12.0 Å². The average molecular weight is 312 g/mol. The van der Waals surface area contributed by atoms with Crippen LogP contribution in [0.5, 0.6) is 0 Å². The van der Waals surface area contributed by atoms with Crippen LogP contribution in [0.2, 0.25) is 0 Å². The van der Waals surface area contributed by atoms with Gasteiger partial charge in [0.15, 0.2) is 6.04 Å². The number of nitrogens with zero attached hydrogens (tertiary/aromatic N) is 1. The standard InChI is InChI=1S/C15H24N2O3S/c1-4-6-9-17(11(3)5-2)15(20)16-13(14(18)19)12-8-7-10-21-12/h7-8,10-11,13H,4-6,9H2,1-3H3,(H,16,20)(H,18,19). The Balaban J connectivity index is 2.80. The molecule has 1 heterocycles. The van der Waals surface area contributed by atoms with Gasteiger partial charge in [-0.2, -0.15) is 0 Å². The summed E-state index contributed by atoms with van der Waals surface area (Å²) in [5, 5.41) is 13.8. The molecule has 2 unspecified atom stereocenters. The molecule has 0 aromatic carbocycles. The van der Waals surface area contributed by atoms with E-state index in [1.165, 1.54) is 11.3 Å². The molecule has 2 N–H and O–H groups in total. The smallest absolute Gasteiger partial charge is 0.331 e. The third kappa shape index (κ3) is 5.04. The lowest BCUT2D eigenvalue weighted by atomic mass is 10.2. The highest BCUT2D eigenvalue weighted by Gasteiger charge is 2.27. The van der Waals surface area contributed by atoms with Crippen molar-refractivity contribution in [3.8, 4) is 0 Å². The molecule has 0 fully saturated rings. The van der Waals surface area contributed by atoms with Crippen LogP contribution in [0.25, 0.3) is 0 Å². The Bertz CT molecular complexity index is 448.